The van der Waals surface area contributed by atoms with Gasteiger partial charge in [-0.1, -0.05) is 69.6 Å². The number of aliphatic hydroxyl groups excluding tert-OH is 2. The van der Waals surface area contributed by atoms with Crippen molar-refractivity contribution in [3.8, 4) is 0 Å². The Kier molecular flexibility index (Phi) is 8.48. The van der Waals surface area contributed by atoms with Crippen LogP contribution in [0.15, 0.2) is 9.98 Å². The summed E-state index contributed by atoms with van der Waals surface area (Å²) in [5, 5.41) is 26.3. The molecule has 1 fully saturated rings. The van der Waals surface area contributed by atoms with Crippen molar-refractivity contribution < 1.29 is 37.1 Å². The van der Waals surface area contributed by atoms with Crippen LogP contribution >= 0.6 is 69.6 Å². The number of nitrogens with two attached hydrogens (primary N) is 1. The van der Waals surface area contributed by atoms with E-state index in [1.54, 1.807) is 0 Å². The molecular weight excluding hydrogens is 639 g/mol. The lowest BCUT2D eigenvalue weighted by Crippen LogP contribution is -2.74. The molecule has 0 bridgehead atoms. The smallest absolute Gasteiger partial charge is 0.404 e. The molecule has 5 atom stereocenters. The van der Waals surface area contributed by atoms with Crippen LogP contribution in [0.3, 0.4) is 0 Å². The minimum absolute atomic E-state index is 0.324. The topological polar surface area (TPSA) is 217 Å². The fourth-order valence-corrected chi connectivity index (χ4v) is 4.98. The van der Waals surface area contributed by atoms with Gasteiger partial charge in [0.25, 0.3) is 9.70 Å². The molecule has 3 rings (SSSR count). The number of ether oxygens (including phenoxy) is 1. The molecule has 7 N–H and O–H groups in total. The molecule has 0 unspecified atom stereocenters. The Balaban J connectivity index is 1.98. The maximum atomic E-state index is 12.3. The van der Waals surface area contributed by atoms with Crippen LogP contribution in [0.2, 0.25) is 0 Å². The fraction of sp³-hybridized carbons (Fsp3) is 0.714. The quantitative estimate of drug-likeness (QED) is 0.190. The third-order valence-electron chi connectivity index (χ3n) is 5.06. The van der Waals surface area contributed by atoms with Gasteiger partial charge in [0.1, 0.15) is 37.5 Å². The molecule has 15 nitrogen and oxygen atoms in total. The zero-order valence-electron chi connectivity index (χ0n) is 17.4. The lowest BCUT2D eigenvalue weighted by molar-refractivity contribution is -0.119. The first-order valence-electron chi connectivity index (χ1n) is 9.47. The Labute approximate surface area is 233 Å². The van der Waals surface area contributed by atoms with Crippen LogP contribution in [-0.4, -0.2) is 105 Å². The third kappa shape index (κ3) is 6.36. The van der Waals surface area contributed by atoms with E-state index in [1.165, 1.54) is 4.90 Å². The molecule has 204 valence electrons. The summed E-state index contributed by atoms with van der Waals surface area (Å²) in [6.45, 7) is -1.74. The molecule has 3 aliphatic rings. The molecule has 36 heavy (non-hydrogen) atoms. The SMILES string of the molecule is NC(=O)OC[C@@H]1N=C(NC(=O)C(Cl)(Cl)Cl)N2C[C@H](O)[C@H](O)[C@@]23NC(NS(=O)(=O)OCC(Cl)(Cl)Cl)=N[C@@H]13. The van der Waals surface area contributed by atoms with Crippen molar-refractivity contribution in [3.63, 3.8) is 0 Å². The lowest BCUT2D eigenvalue weighted by Gasteiger charge is -2.47. The van der Waals surface area contributed by atoms with Gasteiger partial charge in [0.05, 0.1) is 6.54 Å². The fourth-order valence-electron chi connectivity index (χ4n) is 3.75. The molecule has 22 heteroatoms. The average molecular weight is 656 g/mol. The number of rotatable bonds is 5. The summed E-state index contributed by atoms with van der Waals surface area (Å²) < 4.78 is 31.5. The predicted molar refractivity (Wildman–Crippen MR) is 129 cm³/mol. The van der Waals surface area contributed by atoms with E-state index in [0.29, 0.717) is 0 Å². The first-order valence-corrected chi connectivity index (χ1v) is 13.1. The summed E-state index contributed by atoms with van der Waals surface area (Å²) in [4.78, 5) is 33.1. The molecule has 0 saturated carbocycles. The standard InChI is InChI=1S/C14H17Cl6N7O8S/c15-12(16,17)3-35-36(32,33)26-10-23-6-4(2-34-9(21)31)22-11(24-8(30)14(18,19)20)27-1-5(28)7(29)13(6,27)25-10/h4-7,28-29H,1-3H2,(H2,21,31)(H,22,24,30)(H2,23,25,26)/t4-,5-,6-,7-,13-/m0/s1. The summed E-state index contributed by atoms with van der Waals surface area (Å²) in [7, 11) is -4.62. The van der Waals surface area contributed by atoms with Gasteiger partial charge in [-0.05, 0) is 0 Å². The molecule has 0 radical (unpaired) electrons. The molecule has 0 aliphatic carbocycles. The van der Waals surface area contributed by atoms with Crippen molar-refractivity contribution >= 4 is 104 Å². The zero-order chi connectivity index (χ0) is 27.3. The van der Waals surface area contributed by atoms with Crippen molar-refractivity contribution in [1.82, 2.24) is 20.3 Å². The molecular formula is C14H17Cl6N7O8S. The van der Waals surface area contributed by atoms with Crippen molar-refractivity contribution in [2.75, 3.05) is 19.8 Å². The highest BCUT2D eigenvalue weighted by Gasteiger charge is 2.66. The third-order valence-corrected chi connectivity index (χ3v) is 6.77. The van der Waals surface area contributed by atoms with Gasteiger partial charge in [-0.15, -0.1) is 0 Å². The highest BCUT2D eigenvalue weighted by atomic mass is 35.6. The van der Waals surface area contributed by atoms with Gasteiger partial charge in [0.15, 0.2) is 5.66 Å². The summed E-state index contributed by atoms with van der Waals surface area (Å²) >= 11 is 33.3. The van der Waals surface area contributed by atoms with Gasteiger partial charge in [0.2, 0.25) is 15.7 Å². The predicted octanol–water partition coefficient (Wildman–Crippen LogP) is -1.41. The number of guanidine groups is 2. The Morgan fingerprint density at radius 1 is 1.22 bits per heavy atom. The summed E-state index contributed by atoms with van der Waals surface area (Å²) in [6.07, 6.45) is -4.31. The van der Waals surface area contributed by atoms with E-state index in [9.17, 15) is 28.2 Å². The maximum Gasteiger partial charge on any atom is 0.404 e. The van der Waals surface area contributed by atoms with Gasteiger partial charge >= 0.3 is 16.4 Å². The van der Waals surface area contributed by atoms with E-state index in [4.69, 9.17) is 80.1 Å². The molecule has 3 aliphatic heterocycles. The van der Waals surface area contributed by atoms with Crippen molar-refractivity contribution in [3.05, 3.63) is 0 Å². The number of hydrogen-bond donors (Lipinski definition) is 6. The van der Waals surface area contributed by atoms with Crippen LogP contribution in [-0.2, 0) is 24.0 Å². The number of amides is 2. The van der Waals surface area contributed by atoms with Gasteiger partial charge in [0, 0.05) is 0 Å². The molecule has 3 heterocycles. The number of hydrogen-bond acceptors (Lipinski definition) is 12. The number of aliphatic hydroxyl groups is 2. The van der Waals surface area contributed by atoms with Crippen molar-refractivity contribution in [1.29, 1.82) is 0 Å². The number of nitrogens with one attached hydrogen (secondary N) is 3. The van der Waals surface area contributed by atoms with E-state index < -0.39 is 79.0 Å². The Morgan fingerprint density at radius 3 is 2.42 bits per heavy atom. The van der Waals surface area contributed by atoms with Crippen molar-refractivity contribution in [2.24, 2.45) is 15.7 Å². The number of aliphatic imine (C=N–C) groups is 2. The molecule has 0 aromatic carbocycles. The van der Waals surface area contributed by atoms with Gasteiger partial charge in [-0.25, -0.2) is 23.7 Å². The second-order valence-electron chi connectivity index (χ2n) is 7.53. The van der Waals surface area contributed by atoms with Gasteiger partial charge < -0.3 is 30.9 Å². The van der Waals surface area contributed by atoms with Gasteiger partial charge in [-0.3, -0.25) is 10.1 Å². The van der Waals surface area contributed by atoms with E-state index in [0.717, 1.165) is 0 Å². The Hall–Kier alpha value is -0.950. The second kappa shape index (κ2) is 10.3. The van der Waals surface area contributed by atoms with Crippen LogP contribution in [0.1, 0.15) is 0 Å². The summed E-state index contributed by atoms with van der Waals surface area (Å²) in [5.41, 5.74) is 3.19. The number of nitrogens with zero attached hydrogens (tertiary/aromatic N) is 3. The zero-order valence-corrected chi connectivity index (χ0v) is 22.7. The monoisotopic (exact) mass is 653 g/mol. The highest BCUT2D eigenvalue weighted by molar-refractivity contribution is 7.85. The second-order valence-corrected chi connectivity index (χ2v) is 13.7. The maximum absolute atomic E-state index is 12.3. The molecule has 0 aromatic rings. The Morgan fingerprint density at radius 2 is 1.86 bits per heavy atom. The van der Waals surface area contributed by atoms with Crippen LogP contribution < -0.4 is 21.1 Å². The van der Waals surface area contributed by atoms with E-state index >= 15 is 0 Å². The van der Waals surface area contributed by atoms with Gasteiger partial charge in [-0.2, -0.15) is 8.42 Å². The van der Waals surface area contributed by atoms with Crippen LogP contribution in [0.25, 0.3) is 0 Å². The summed E-state index contributed by atoms with van der Waals surface area (Å²) in [5.74, 6) is -1.96. The lowest BCUT2D eigenvalue weighted by atomic mass is 9.88. The van der Waals surface area contributed by atoms with Crippen LogP contribution in [0.4, 0.5) is 4.79 Å². The molecule has 1 spiro atoms. The minimum atomic E-state index is -4.62. The van der Waals surface area contributed by atoms with E-state index in [1.807, 2.05) is 4.72 Å². The largest absolute Gasteiger partial charge is 0.447 e. The Bertz CT molecular complexity index is 1080. The molecule has 1 saturated heterocycles. The molecule has 2 amide bonds. The summed E-state index contributed by atoms with van der Waals surface area (Å²) in [6, 6.07) is -2.43. The number of primary amides is 1. The number of carbonyl (C=O) groups excluding carboxylic acids is 2. The van der Waals surface area contributed by atoms with Crippen LogP contribution in [0.5, 0.6) is 0 Å². The number of halogens is 6. The highest BCUT2D eigenvalue weighted by Crippen LogP contribution is 2.41. The molecule has 0 aromatic heterocycles. The van der Waals surface area contributed by atoms with E-state index in [2.05, 4.69) is 24.8 Å². The first kappa shape index (κ1) is 29.6. The number of carbonyl (C=O) groups is 2. The minimum Gasteiger partial charge on any atom is -0.447 e. The average Bonchev–Trinajstić information content (AvgIpc) is 3.21. The number of alkyl halides is 6. The normalized spacial score (nSPS) is 29.9. The van der Waals surface area contributed by atoms with Crippen molar-refractivity contribution in [2.45, 2.75) is 37.5 Å². The van der Waals surface area contributed by atoms with Crippen LogP contribution in [0, 0.1) is 0 Å². The van der Waals surface area contributed by atoms with E-state index in [-0.39, 0.29) is 12.5 Å². The first-order chi connectivity index (χ1) is 16.4.